The smallest absolute Gasteiger partial charge is 0.133 e. The van der Waals surface area contributed by atoms with Gasteiger partial charge in [0.25, 0.3) is 0 Å². The topological polar surface area (TPSA) is 39.1 Å². The van der Waals surface area contributed by atoms with Gasteiger partial charge in [0, 0.05) is 17.7 Å². The lowest BCUT2D eigenvalue weighted by Crippen LogP contribution is -2.07. The first-order chi connectivity index (χ1) is 15.7. The second kappa shape index (κ2) is 9.05. The number of fused-ring (bicyclic) bond motifs is 1. The van der Waals surface area contributed by atoms with Gasteiger partial charge in [-0.3, -0.25) is 0 Å². The molecule has 0 unspecified atom stereocenters. The molecule has 0 atom stereocenters. The summed E-state index contributed by atoms with van der Waals surface area (Å²) in [6.07, 6.45) is 3.03. The molecule has 1 aliphatic heterocycles. The van der Waals surface area contributed by atoms with Crippen molar-refractivity contribution >= 4 is 17.4 Å². The van der Waals surface area contributed by atoms with Crippen molar-refractivity contribution in [1.29, 1.82) is 0 Å². The summed E-state index contributed by atoms with van der Waals surface area (Å²) in [5.41, 5.74) is 4.70. The molecule has 3 aromatic carbocycles. The predicted octanol–water partition coefficient (Wildman–Crippen LogP) is 6.66. The molecule has 0 radical (unpaired) electrons. The maximum atomic E-state index is 13.6. The van der Waals surface area contributed by atoms with Gasteiger partial charge in [-0.05, 0) is 67.3 Å². The Morgan fingerprint density at radius 3 is 2.59 bits per heavy atom. The normalized spacial score (nSPS) is 13.2. The predicted molar refractivity (Wildman–Crippen MR) is 126 cm³/mol. The monoisotopic (exact) mass is 447 g/mol. The van der Waals surface area contributed by atoms with E-state index >= 15 is 0 Å². The highest BCUT2D eigenvalue weighted by atomic mass is 35.5. The van der Waals surface area contributed by atoms with Gasteiger partial charge in [-0.25, -0.2) is 9.07 Å². The fourth-order valence-corrected chi connectivity index (χ4v) is 4.27. The maximum Gasteiger partial charge on any atom is 0.133 e. The van der Waals surface area contributed by atoms with Gasteiger partial charge in [0.15, 0.2) is 0 Å². The lowest BCUT2D eigenvalue weighted by atomic mass is 10.0. The summed E-state index contributed by atoms with van der Waals surface area (Å²) in [6.45, 7) is 1.40. The van der Waals surface area contributed by atoms with Gasteiger partial charge < -0.3 is 10.1 Å². The van der Waals surface area contributed by atoms with Gasteiger partial charge in [0.05, 0.1) is 16.4 Å². The zero-order valence-corrected chi connectivity index (χ0v) is 18.3. The molecule has 6 heteroatoms. The highest BCUT2D eigenvalue weighted by Crippen LogP contribution is 2.37. The molecule has 0 amide bonds. The van der Waals surface area contributed by atoms with Crippen molar-refractivity contribution < 1.29 is 9.13 Å². The fourth-order valence-electron chi connectivity index (χ4n) is 4.01. The molecule has 0 bridgehead atoms. The SMILES string of the molecule is Fc1ccc(-c2nn(-c3ccc(OCc4ccccc4)cc3)c3c2CCCCN3)c(Cl)c1. The first-order valence-electron chi connectivity index (χ1n) is 10.8. The number of aromatic nitrogens is 2. The number of ether oxygens (including phenoxy) is 1. The summed E-state index contributed by atoms with van der Waals surface area (Å²) < 4.78 is 21.4. The van der Waals surface area contributed by atoms with Crippen LogP contribution in [0.3, 0.4) is 0 Å². The summed E-state index contributed by atoms with van der Waals surface area (Å²) >= 11 is 6.38. The number of hydrogen-bond acceptors (Lipinski definition) is 3. The Morgan fingerprint density at radius 1 is 1.00 bits per heavy atom. The van der Waals surface area contributed by atoms with Crippen LogP contribution in [-0.4, -0.2) is 16.3 Å². The Morgan fingerprint density at radius 2 is 1.81 bits per heavy atom. The number of rotatable bonds is 5. The molecule has 5 rings (SSSR count). The lowest BCUT2D eigenvalue weighted by molar-refractivity contribution is 0.306. The molecule has 2 heterocycles. The van der Waals surface area contributed by atoms with Crippen LogP contribution in [0.4, 0.5) is 10.2 Å². The van der Waals surface area contributed by atoms with Crippen molar-refractivity contribution in [3.05, 3.63) is 94.8 Å². The summed E-state index contributed by atoms with van der Waals surface area (Å²) in [7, 11) is 0. The van der Waals surface area contributed by atoms with Crippen molar-refractivity contribution in [2.75, 3.05) is 11.9 Å². The lowest BCUT2D eigenvalue weighted by Gasteiger charge is -2.11. The molecule has 0 aliphatic carbocycles. The van der Waals surface area contributed by atoms with Crippen LogP contribution in [0.25, 0.3) is 16.9 Å². The van der Waals surface area contributed by atoms with Crippen LogP contribution >= 0.6 is 11.6 Å². The number of halogens is 2. The minimum atomic E-state index is -0.353. The Balaban J connectivity index is 1.47. The van der Waals surface area contributed by atoms with Crippen LogP contribution in [-0.2, 0) is 13.0 Å². The van der Waals surface area contributed by atoms with E-state index in [1.807, 2.05) is 59.3 Å². The number of anilines is 1. The van der Waals surface area contributed by atoms with Crippen molar-refractivity contribution in [3.63, 3.8) is 0 Å². The molecule has 0 fully saturated rings. The molecule has 162 valence electrons. The summed E-state index contributed by atoms with van der Waals surface area (Å²) in [6, 6.07) is 22.5. The van der Waals surface area contributed by atoms with Crippen molar-refractivity contribution in [1.82, 2.24) is 9.78 Å². The van der Waals surface area contributed by atoms with E-state index in [1.54, 1.807) is 6.07 Å². The Bertz CT molecular complexity index is 1220. The number of benzene rings is 3. The average molecular weight is 448 g/mol. The third kappa shape index (κ3) is 4.21. The van der Waals surface area contributed by atoms with E-state index in [2.05, 4.69) is 5.32 Å². The molecule has 1 aromatic heterocycles. The Hall–Kier alpha value is -3.31. The molecule has 32 heavy (non-hydrogen) atoms. The molecular weight excluding hydrogens is 425 g/mol. The van der Waals surface area contributed by atoms with Crippen molar-refractivity contribution in [2.24, 2.45) is 0 Å². The van der Waals surface area contributed by atoms with Gasteiger partial charge >= 0.3 is 0 Å². The van der Waals surface area contributed by atoms with Gasteiger partial charge in [0.2, 0.25) is 0 Å². The van der Waals surface area contributed by atoms with E-state index in [9.17, 15) is 4.39 Å². The van der Waals surface area contributed by atoms with E-state index in [0.717, 1.165) is 65.4 Å². The fraction of sp³-hybridized carbons (Fsp3) is 0.192. The van der Waals surface area contributed by atoms with Crippen LogP contribution in [0.15, 0.2) is 72.8 Å². The number of hydrogen-bond donors (Lipinski definition) is 1. The number of nitrogens with one attached hydrogen (secondary N) is 1. The standard InChI is InChI=1S/C26H23ClFN3O/c27-24-16-19(28)9-14-22(24)25-23-8-4-5-15-29-26(23)31(30-25)20-10-12-21(13-11-20)32-17-18-6-2-1-3-7-18/h1-3,6-7,9-14,16,29H,4-5,8,15,17H2. The van der Waals surface area contributed by atoms with Crippen LogP contribution in [0.1, 0.15) is 24.0 Å². The van der Waals surface area contributed by atoms with Crippen molar-refractivity contribution in [3.8, 4) is 22.7 Å². The van der Waals surface area contributed by atoms with Gasteiger partial charge in [-0.2, -0.15) is 5.10 Å². The summed E-state index contributed by atoms with van der Waals surface area (Å²) in [5, 5.41) is 8.79. The van der Waals surface area contributed by atoms with E-state index in [-0.39, 0.29) is 5.82 Å². The molecule has 0 saturated heterocycles. The van der Waals surface area contributed by atoms with Gasteiger partial charge in [-0.1, -0.05) is 41.9 Å². The second-order valence-corrected chi connectivity index (χ2v) is 8.27. The Kier molecular flexibility index (Phi) is 5.82. The Labute approximate surface area is 191 Å². The zero-order valence-electron chi connectivity index (χ0n) is 17.5. The zero-order chi connectivity index (χ0) is 21.9. The first-order valence-corrected chi connectivity index (χ1v) is 11.2. The molecule has 0 spiro atoms. The molecule has 4 aromatic rings. The third-order valence-electron chi connectivity index (χ3n) is 5.65. The summed E-state index contributed by atoms with van der Waals surface area (Å²) in [5.74, 6) is 1.41. The van der Waals surface area contributed by atoms with Gasteiger partial charge in [0.1, 0.15) is 24.0 Å². The molecule has 0 saturated carbocycles. The van der Waals surface area contributed by atoms with Crippen LogP contribution in [0.2, 0.25) is 5.02 Å². The third-order valence-corrected chi connectivity index (χ3v) is 5.96. The average Bonchev–Trinajstić information content (AvgIpc) is 2.99. The molecule has 4 nitrogen and oxygen atoms in total. The van der Waals surface area contributed by atoms with E-state index in [4.69, 9.17) is 21.4 Å². The number of nitrogens with zero attached hydrogens (tertiary/aromatic N) is 2. The van der Waals surface area contributed by atoms with Gasteiger partial charge in [-0.15, -0.1) is 0 Å². The highest BCUT2D eigenvalue weighted by molar-refractivity contribution is 6.33. The summed E-state index contributed by atoms with van der Waals surface area (Å²) in [4.78, 5) is 0. The van der Waals surface area contributed by atoms with E-state index in [1.165, 1.54) is 12.1 Å². The largest absolute Gasteiger partial charge is 0.489 e. The minimum absolute atomic E-state index is 0.353. The van der Waals surface area contributed by atoms with Crippen LogP contribution in [0.5, 0.6) is 5.75 Å². The second-order valence-electron chi connectivity index (χ2n) is 7.86. The van der Waals surface area contributed by atoms with Crippen LogP contribution in [0, 0.1) is 5.82 Å². The van der Waals surface area contributed by atoms with Crippen LogP contribution < -0.4 is 10.1 Å². The van der Waals surface area contributed by atoms with E-state index in [0.29, 0.717) is 11.6 Å². The van der Waals surface area contributed by atoms with E-state index < -0.39 is 0 Å². The maximum absolute atomic E-state index is 13.6. The quantitative estimate of drug-likeness (QED) is 0.372. The molecular formula is C26H23ClFN3O. The first kappa shape index (κ1) is 20.6. The molecule has 1 aliphatic rings. The minimum Gasteiger partial charge on any atom is -0.489 e. The molecule has 1 N–H and O–H groups in total. The van der Waals surface area contributed by atoms with Crippen molar-refractivity contribution in [2.45, 2.75) is 25.9 Å². The highest BCUT2D eigenvalue weighted by Gasteiger charge is 2.23.